The van der Waals surface area contributed by atoms with E-state index in [-0.39, 0.29) is 17.8 Å². The summed E-state index contributed by atoms with van der Waals surface area (Å²) < 4.78 is 5.81. The van der Waals surface area contributed by atoms with Gasteiger partial charge in [-0.25, -0.2) is 0 Å². The summed E-state index contributed by atoms with van der Waals surface area (Å²) in [6, 6.07) is 17.0. The van der Waals surface area contributed by atoms with Gasteiger partial charge < -0.3 is 20.7 Å². The smallest absolute Gasteiger partial charge is 0.251 e. The molecule has 1 aliphatic rings. The SMILES string of the molecule is N=C(N)c1ccccc1OCCCN1CCC(NC(=O)c2ccccc2)CC1. The van der Waals surface area contributed by atoms with E-state index in [1.165, 1.54) is 0 Å². The first-order chi connectivity index (χ1) is 13.6. The summed E-state index contributed by atoms with van der Waals surface area (Å²) in [5.41, 5.74) is 6.94. The van der Waals surface area contributed by atoms with Crippen molar-refractivity contribution in [1.82, 2.24) is 10.2 Å². The molecule has 0 bridgehead atoms. The van der Waals surface area contributed by atoms with Gasteiger partial charge in [-0.2, -0.15) is 0 Å². The lowest BCUT2D eigenvalue weighted by atomic mass is 10.0. The topological polar surface area (TPSA) is 91.4 Å². The Labute approximate surface area is 166 Å². The Morgan fingerprint density at radius 2 is 1.79 bits per heavy atom. The van der Waals surface area contributed by atoms with Crippen LogP contribution in [-0.4, -0.2) is 48.9 Å². The van der Waals surface area contributed by atoms with Gasteiger partial charge in [0, 0.05) is 31.2 Å². The van der Waals surface area contributed by atoms with Crippen molar-refractivity contribution >= 4 is 11.7 Å². The predicted molar refractivity (Wildman–Crippen MR) is 111 cm³/mol. The highest BCUT2D eigenvalue weighted by molar-refractivity contribution is 5.97. The van der Waals surface area contributed by atoms with E-state index in [9.17, 15) is 4.79 Å². The second-order valence-corrected chi connectivity index (χ2v) is 7.07. The zero-order chi connectivity index (χ0) is 19.8. The van der Waals surface area contributed by atoms with Crippen molar-refractivity contribution in [2.24, 2.45) is 5.73 Å². The van der Waals surface area contributed by atoms with Crippen LogP contribution in [0, 0.1) is 5.41 Å². The minimum atomic E-state index is 0.0107. The normalized spacial score (nSPS) is 15.1. The molecule has 148 valence electrons. The minimum absolute atomic E-state index is 0.0107. The molecule has 2 aromatic rings. The largest absolute Gasteiger partial charge is 0.493 e. The van der Waals surface area contributed by atoms with Crippen LogP contribution in [0.4, 0.5) is 0 Å². The first-order valence-corrected chi connectivity index (χ1v) is 9.78. The Morgan fingerprint density at radius 1 is 1.11 bits per heavy atom. The maximum Gasteiger partial charge on any atom is 0.251 e. The Balaban J connectivity index is 1.35. The molecule has 1 fully saturated rings. The number of carbonyl (C=O) groups excluding carboxylic acids is 1. The van der Waals surface area contributed by atoms with Crippen LogP contribution < -0.4 is 15.8 Å². The summed E-state index contributed by atoms with van der Waals surface area (Å²) in [5, 5.41) is 10.7. The van der Waals surface area contributed by atoms with Gasteiger partial charge in [-0.15, -0.1) is 0 Å². The van der Waals surface area contributed by atoms with E-state index in [1.54, 1.807) is 6.07 Å². The minimum Gasteiger partial charge on any atom is -0.493 e. The van der Waals surface area contributed by atoms with Crippen LogP contribution in [0.1, 0.15) is 35.2 Å². The molecule has 28 heavy (non-hydrogen) atoms. The number of ether oxygens (including phenoxy) is 1. The van der Waals surface area contributed by atoms with Gasteiger partial charge >= 0.3 is 0 Å². The van der Waals surface area contributed by atoms with Gasteiger partial charge in [-0.05, 0) is 43.5 Å². The number of nitrogens with one attached hydrogen (secondary N) is 2. The van der Waals surface area contributed by atoms with E-state index in [2.05, 4.69) is 10.2 Å². The molecular weight excluding hydrogens is 352 g/mol. The Bertz CT molecular complexity index is 786. The molecule has 1 heterocycles. The number of benzene rings is 2. The van der Waals surface area contributed by atoms with Crippen LogP contribution in [0.25, 0.3) is 0 Å². The highest BCUT2D eigenvalue weighted by atomic mass is 16.5. The number of piperidine rings is 1. The maximum atomic E-state index is 12.3. The number of nitrogens with zero attached hydrogens (tertiary/aromatic N) is 1. The molecule has 0 radical (unpaired) electrons. The standard InChI is InChI=1S/C22H28N4O2/c23-21(24)19-9-4-5-10-20(19)28-16-6-13-26-14-11-18(12-15-26)25-22(27)17-7-2-1-3-8-17/h1-5,7-10,18H,6,11-16H2,(H3,23,24)(H,25,27). The van der Waals surface area contributed by atoms with E-state index in [0.717, 1.165) is 38.9 Å². The van der Waals surface area contributed by atoms with Crippen molar-refractivity contribution in [3.05, 3.63) is 65.7 Å². The Hall–Kier alpha value is -2.86. The molecule has 0 unspecified atom stereocenters. The summed E-state index contributed by atoms with van der Waals surface area (Å²) in [6.45, 7) is 3.50. The number of hydrogen-bond donors (Lipinski definition) is 3. The summed E-state index contributed by atoms with van der Waals surface area (Å²) in [5.74, 6) is 0.698. The number of rotatable bonds is 8. The molecule has 0 saturated carbocycles. The molecule has 1 aliphatic heterocycles. The van der Waals surface area contributed by atoms with Crippen LogP contribution in [0.3, 0.4) is 0 Å². The van der Waals surface area contributed by atoms with E-state index in [1.807, 2.05) is 48.5 Å². The molecule has 0 aromatic heterocycles. The highest BCUT2D eigenvalue weighted by Gasteiger charge is 2.20. The molecule has 0 aliphatic carbocycles. The molecular formula is C22H28N4O2. The molecule has 1 amide bonds. The molecule has 6 nitrogen and oxygen atoms in total. The molecule has 3 rings (SSSR count). The van der Waals surface area contributed by atoms with Gasteiger partial charge in [0.25, 0.3) is 5.91 Å². The van der Waals surface area contributed by atoms with Crippen molar-refractivity contribution < 1.29 is 9.53 Å². The zero-order valence-corrected chi connectivity index (χ0v) is 16.1. The number of likely N-dealkylation sites (tertiary alicyclic amines) is 1. The number of amides is 1. The fourth-order valence-electron chi connectivity index (χ4n) is 3.44. The Morgan fingerprint density at radius 3 is 2.50 bits per heavy atom. The first kappa shape index (κ1) is 19.9. The lowest BCUT2D eigenvalue weighted by Gasteiger charge is -2.32. The molecule has 4 N–H and O–H groups in total. The summed E-state index contributed by atoms with van der Waals surface area (Å²) in [4.78, 5) is 14.7. The molecule has 0 spiro atoms. The molecule has 0 atom stereocenters. The number of amidine groups is 1. The number of nitrogens with two attached hydrogens (primary N) is 1. The van der Waals surface area contributed by atoms with Crippen LogP contribution >= 0.6 is 0 Å². The van der Waals surface area contributed by atoms with Crippen molar-refractivity contribution in [3.8, 4) is 5.75 Å². The van der Waals surface area contributed by atoms with E-state index >= 15 is 0 Å². The number of hydrogen-bond acceptors (Lipinski definition) is 4. The third-order valence-electron chi connectivity index (χ3n) is 5.01. The summed E-state index contributed by atoms with van der Waals surface area (Å²) in [6.07, 6.45) is 2.84. The molecule has 6 heteroatoms. The fourth-order valence-corrected chi connectivity index (χ4v) is 3.44. The van der Waals surface area contributed by atoms with Crippen LogP contribution in [0.15, 0.2) is 54.6 Å². The average molecular weight is 380 g/mol. The average Bonchev–Trinajstić information content (AvgIpc) is 2.73. The van der Waals surface area contributed by atoms with Crippen molar-refractivity contribution in [2.45, 2.75) is 25.3 Å². The van der Waals surface area contributed by atoms with Gasteiger partial charge in [0.05, 0.1) is 12.2 Å². The van der Waals surface area contributed by atoms with Gasteiger partial charge in [0.1, 0.15) is 11.6 Å². The predicted octanol–water partition coefficient (Wildman–Crippen LogP) is 2.63. The van der Waals surface area contributed by atoms with E-state index in [4.69, 9.17) is 15.9 Å². The molecule has 1 saturated heterocycles. The van der Waals surface area contributed by atoms with Crippen molar-refractivity contribution in [3.63, 3.8) is 0 Å². The van der Waals surface area contributed by atoms with Crippen LogP contribution in [-0.2, 0) is 0 Å². The van der Waals surface area contributed by atoms with Gasteiger partial charge in [0.15, 0.2) is 0 Å². The van der Waals surface area contributed by atoms with Crippen molar-refractivity contribution in [2.75, 3.05) is 26.2 Å². The van der Waals surface area contributed by atoms with Gasteiger partial charge in [-0.1, -0.05) is 30.3 Å². The first-order valence-electron chi connectivity index (χ1n) is 9.78. The number of nitrogen functional groups attached to an aromatic ring is 1. The fraction of sp³-hybridized carbons (Fsp3) is 0.364. The number of para-hydroxylation sites is 1. The van der Waals surface area contributed by atoms with E-state index in [0.29, 0.717) is 23.5 Å². The second-order valence-electron chi connectivity index (χ2n) is 7.07. The lowest BCUT2D eigenvalue weighted by molar-refractivity contribution is 0.0909. The zero-order valence-electron chi connectivity index (χ0n) is 16.1. The van der Waals surface area contributed by atoms with E-state index < -0.39 is 0 Å². The quantitative estimate of drug-likeness (QED) is 0.373. The lowest BCUT2D eigenvalue weighted by Crippen LogP contribution is -2.45. The maximum absolute atomic E-state index is 12.3. The van der Waals surface area contributed by atoms with Crippen molar-refractivity contribution in [1.29, 1.82) is 5.41 Å². The number of carbonyl (C=O) groups is 1. The van der Waals surface area contributed by atoms with Crippen LogP contribution in [0.5, 0.6) is 5.75 Å². The third-order valence-corrected chi connectivity index (χ3v) is 5.01. The third kappa shape index (κ3) is 5.57. The molecule has 2 aromatic carbocycles. The monoisotopic (exact) mass is 380 g/mol. The summed E-state index contributed by atoms with van der Waals surface area (Å²) in [7, 11) is 0. The highest BCUT2D eigenvalue weighted by Crippen LogP contribution is 2.17. The van der Waals surface area contributed by atoms with Gasteiger partial charge in [0.2, 0.25) is 0 Å². The van der Waals surface area contributed by atoms with Crippen LogP contribution in [0.2, 0.25) is 0 Å². The Kier molecular flexibility index (Phi) is 7.03. The summed E-state index contributed by atoms with van der Waals surface area (Å²) >= 11 is 0. The second kappa shape index (κ2) is 9.90. The van der Waals surface area contributed by atoms with Gasteiger partial charge in [-0.3, -0.25) is 10.2 Å².